The molecule has 0 saturated carbocycles. The van der Waals surface area contributed by atoms with Gasteiger partial charge in [-0.3, -0.25) is 0 Å². The van der Waals surface area contributed by atoms with Crippen molar-refractivity contribution in [1.29, 1.82) is 0 Å². The van der Waals surface area contributed by atoms with E-state index in [0.717, 1.165) is 11.4 Å². The van der Waals surface area contributed by atoms with Crippen molar-refractivity contribution in [2.24, 2.45) is 0 Å². The quantitative estimate of drug-likeness (QED) is 0.159. The minimum atomic E-state index is 1.15. The predicted molar refractivity (Wildman–Crippen MR) is 248 cm³/mol. The van der Waals surface area contributed by atoms with Crippen LogP contribution < -0.4 is 0 Å². The Kier molecular flexibility index (Phi) is 7.09. The maximum absolute atomic E-state index is 2.45. The first kappa shape index (κ1) is 32.8. The van der Waals surface area contributed by atoms with Gasteiger partial charge in [-0.15, -0.1) is 0 Å². The van der Waals surface area contributed by atoms with Crippen molar-refractivity contribution in [1.82, 2.24) is 9.13 Å². The van der Waals surface area contributed by atoms with Gasteiger partial charge in [0.05, 0.1) is 22.1 Å². The average molecular weight is 739 g/mol. The van der Waals surface area contributed by atoms with Crippen LogP contribution in [0.3, 0.4) is 0 Å². The normalized spacial score (nSPS) is 12.0. The second kappa shape index (κ2) is 12.5. The van der Waals surface area contributed by atoms with Gasteiger partial charge in [-0.2, -0.15) is 0 Å². The predicted octanol–water partition coefficient (Wildman–Crippen LogP) is 15.3. The van der Waals surface area contributed by atoms with Crippen molar-refractivity contribution in [3.8, 4) is 33.6 Å². The Morgan fingerprint density at radius 2 is 0.690 bits per heavy atom. The summed E-state index contributed by atoms with van der Waals surface area (Å²) < 4.78 is 4.89. The van der Waals surface area contributed by atoms with Crippen molar-refractivity contribution in [2.75, 3.05) is 0 Å². The van der Waals surface area contributed by atoms with Crippen LogP contribution in [0, 0.1) is 13.8 Å². The van der Waals surface area contributed by atoms with Gasteiger partial charge < -0.3 is 9.13 Å². The highest BCUT2D eigenvalue weighted by atomic mass is 15.0. The number of aryl methyl sites for hydroxylation is 2. The molecule has 0 aliphatic carbocycles. The van der Waals surface area contributed by atoms with E-state index in [2.05, 4.69) is 217 Å². The van der Waals surface area contributed by atoms with Gasteiger partial charge in [0.15, 0.2) is 0 Å². The summed E-state index contributed by atoms with van der Waals surface area (Å²) in [6, 6.07) is 72.2. The number of para-hydroxylation sites is 4. The molecule has 0 aliphatic heterocycles. The van der Waals surface area contributed by atoms with Crippen LogP contribution in [0.15, 0.2) is 194 Å². The molecule has 0 spiro atoms. The zero-order valence-corrected chi connectivity index (χ0v) is 32.4. The summed E-state index contributed by atoms with van der Waals surface area (Å²) in [5, 5.41) is 12.5. The maximum Gasteiger partial charge on any atom is 0.0541 e. The SMILES string of the molecule is Cc1cc(C)cc(-c2c3ccc(-n4c5ccccc5c5ccccc54)cc3c(-c3ccc4ccccc4c3)c3ccc(-n4c5ccccc5c5ccccc54)cc23)c1. The number of hydrogen-bond donors (Lipinski definition) is 0. The van der Waals surface area contributed by atoms with Crippen LogP contribution in [0.2, 0.25) is 0 Å². The monoisotopic (exact) mass is 738 g/mol. The lowest BCUT2D eigenvalue weighted by Gasteiger charge is -2.21. The third kappa shape index (κ3) is 4.85. The smallest absolute Gasteiger partial charge is 0.0541 e. The second-order valence-corrected chi connectivity index (χ2v) is 15.9. The van der Waals surface area contributed by atoms with Crippen molar-refractivity contribution in [3.63, 3.8) is 0 Å². The van der Waals surface area contributed by atoms with Gasteiger partial charge in [0.1, 0.15) is 0 Å². The zero-order valence-electron chi connectivity index (χ0n) is 32.4. The molecule has 0 N–H and O–H groups in total. The molecule has 0 saturated heterocycles. The molecule has 10 aromatic carbocycles. The molecule has 12 rings (SSSR count). The lowest BCUT2D eigenvalue weighted by Crippen LogP contribution is -1.98. The molecule has 12 aromatic rings. The van der Waals surface area contributed by atoms with Crippen molar-refractivity contribution >= 4 is 75.9 Å². The number of nitrogens with zero attached hydrogens (tertiary/aromatic N) is 2. The molecule has 2 nitrogen and oxygen atoms in total. The Balaban J connectivity index is 1.25. The lowest BCUT2D eigenvalue weighted by molar-refractivity contribution is 1.18. The van der Waals surface area contributed by atoms with Gasteiger partial charge >= 0.3 is 0 Å². The highest BCUT2D eigenvalue weighted by molar-refractivity contribution is 6.23. The summed E-state index contributed by atoms with van der Waals surface area (Å²) >= 11 is 0. The van der Waals surface area contributed by atoms with E-state index in [9.17, 15) is 0 Å². The molecule has 0 aliphatic rings. The summed E-state index contributed by atoms with van der Waals surface area (Å²) in [5.74, 6) is 0. The maximum atomic E-state index is 2.45. The van der Waals surface area contributed by atoms with Crippen molar-refractivity contribution < 1.29 is 0 Å². The van der Waals surface area contributed by atoms with E-state index in [1.165, 1.54) is 109 Å². The second-order valence-electron chi connectivity index (χ2n) is 15.9. The fraction of sp³-hybridized carbons (Fsp3) is 0.0357. The summed E-state index contributed by atoms with van der Waals surface area (Å²) in [7, 11) is 0. The van der Waals surface area contributed by atoms with Crippen molar-refractivity contribution in [2.45, 2.75) is 13.8 Å². The summed E-state index contributed by atoms with van der Waals surface area (Å²) in [6.07, 6.45) is 0. The highest BCUT2D eigenvalue weighted by Crippen LogP contribution is 2.47. The van der Waals surface area contributed by atoms with E-state index >= 15 is 0 Å². The van der Waals surface area contributed by atoms with Gasteiger partial charge in [-0.25, -0.2) is 0 Å². The van der Waals surface area contributed by atoms with Gasteiger partial charge in [0.25, 0.3) is 0 Å². The Bertz CT molecular complexity index is 3530. The molecule has 0 amide bonds. The summed E-state index contributed by atoms with van der Waals surface area (Å²) in [5.41, 5.74) is 14.6. The molecule has 0 bridgehead atoms. The van der Waals surface area contributed by atoms with E-state index in [-0.39, 0.29) is 0 Å². The molecular weight excluding hydrogens is 701 g/mol. The minimum Gasteiger partial charge on any atom is -0.309 e. The molecule has 0 radical (unpaired) electrons. The number of rotatable bonds is 4. The van der Waals surface area contributed by atoms with Crippen LogP contribution in [0.4, 0.5) is 0 Å². The number of aromatic nitrogens is 2. The lowest BCUT2D eigenvalue weighted by atomic mass is 9.84. The van der Waals surface area contributed by atoms with Crippen LogP contribution in [0.25, 0.3) is 110 Å². The first-order valence-corrected chi connectivity index (χ1v) is 20.2. The van der Waals surface area contributed by atoms with Gasteiger partial charge in [0.2, 0.25) is 0 Å². The molecule has 0 unspecified atom stereocenters. The summed E-state index contributed by atoms with van der Waals surface area (Å²) in [4.78, 5) is 0. The largest absolute Gasteiger partial charge is 0.309 e. The van der Waals surface area contributed by atoms with Crippen LogP contribution in [0.5, 0.6) is 0 Å². The minimum absolute atomic E-state index is 1.15. The van der Waals surface area contributed by atoms with Crippen LogP contribution in [-0.4, -0.2) is 9.13 Å². The molecule has 0 atom stereocenters. The molecule has 2 heterocycles. The van der Waals surface area contributed by atoms with E-state index in [4.69, 9.17) is 0 Å². The fourth-order valence-electron chi connectivity index (χ4n) is 9.97. The average Bonchev–Trinajstić information content (AvgIpc) is 3.78. The molecule has 58 heavy (non-hydrogen) atoms. The van der Waals surface area contributed by atoms with Gasteiger partial charge in [0, 0.05) is 32.9 Å². The van der Waals surface area contributed by atoms with Crippen LogP contribution >= 0.6 is 0 Å². The van der Waals surface area contributed by atoms with Crippen molar-refractivity contribution in [3.05, 3.63) is 205 Å². The Labute approximate surface area is 336 Å². The van der Waals surface area contributed by atoms with Gasteiger partial charge in [-0.1, -0.05) is 151 Å². The Morgan fingerprint density at radius 1 is 0.276 bits per heavy atom. The number of benzene rings is 10. The molecular formula is C56H38N2. The Hall–Kier alpha value is -7.42. The fourth-order valence-corrected chi connectivity index (χ4v) is 9.97. The Morgan fingerprint density at radius 3 is 1.17 bits per heavy atom. The summed E-state index contributed by atoms with van der Waals surface area (Å²) in [6.45, 7) is 4.43. The third-order valence-electron chi connectivity index (χ3n) is 12.3. The first-order valence-electron chi connectivity index (χ1n) is 20.2. The van der Waals surface area contributed by atoms with E-state index in [0.29, 0.717) is 0 Å². The van der Waals surface area contributed by atoms with Crippen LogP contribution in [0.1, 0.15) is 11.1 Å². The van der Waals surface area contributed by atoms with Gasteiger partial charge in [-0.05, 0) is 123 Å². The standard InChI is InChI=1S/C56H38N2/c1-35-29-36(2)31-40(30-35)56-48-28-26-41(57-51-19-9-5-15-43(51)44-16-6-10-20-52(44)57)33-49(48)55(39-24-23-37-13-3-4-14-38(37)32-39)47-27-25-42(34-50(47)56)58-53-21-11-7-17-45(53)46-18-8-12-22-54(46)58/h3-34H,1-2H3. The topological polar surface area (TPSA) is 9.86 Å². The molecule has 272 valence electrons. The highest BCUT2D eigenvalue weighted by Gasteiger charge is 2.21. The van der Waals surface area contributed by atoms with E-state index in [1.54, 1.807) is 0 Å². The first-order chi connectivity index (χ1) is 28.6. The van der Waals surface area contributed by atoms with E-state index < -0.39 is 0 Å². The number of fused-ring (bicyclic) bond motifs is 9. The van der Waals surface area contributed by atoms with E-state index in [1.807, 2.05) is 0 Å². The molecule has 2 heteroatoms. The molecule has 2 aromatic heterocycles. The van der Waals surface area contributed by atoms with Crippen LogP contribution in [-0.2, 0) is 0 Å². The zero-order chi connectivity index (χ0) is 38.5. The number of hydrogen-bond acceptors (Lipinski definition) is 0. The third-order valence-corrected chi connectivity index (χ3v) is 12.3. The molecule has 0 fully saturated rings.